The van der Waals surface area contributed by atoms with Crippen LogP contribution in [0.1, 0.15) is 48.1 Å². The third kappa shape index (κ3) is 3.50. The molecule has 2 aromatic heterocycles. The van der Waals surface area contributed by atoms with Crippen LogP contribution in [0.25, 0.3) is 10.2 Å². The Kier molecular flexibility index (Phi) is 5.03. The van der Waals surface area contributed by atoms with Gasteiger partial charge >= 0.3 is 0 Å². The maximum Gasteiger partial charge on any atom is 0.259 e. The first-order valence-corrected chi connectivity index (χ1v) is 11.4. The van der Waals surface area contributed by atoms with E-state index in [1.807, 2.05) is 19.2 Å². The third-order valence-electron chi connectivity index (χ3n) is 6.28. The Balaban J connectivity index is 1.40. The van der Waals surface area contributed by atoms with Gasteiger partial charge in [-0.2, -0.15) is 0 Å². The number of aryl methyl sites for hydroxylation is 1. The molecule has 0 unspecified atom stereocenters. The van der Waals surface area contributed by atoms with E-state index in [4.69, 9.17) is 14.5 Å². The molecule has 1 aliphatic carbocycles. The zero-order valence-electron chi connectivity index (χ0n) is 17.7. The maximum atomic E-state index is 12.9. The maximum absolute atomic E-state index is 12.9. The Labute approximate surface area is 179 Å². The highest BCUT2D eigenvalue weighted by Crippen LogP contribution is 2.36. The van der Waals surface area contributed by atoms with Crippen LogP contribution in [0.3, 0.4) is 0 Å². The Hall–Kier alpha value is -2.38. The average molecular weight is 426 g/mol. The Morgan fingerprint density at radius 1 is 1.30 bits per heavy atom. The summed E-state index contributed by atoms with van der Waals surface area (Å²) in [6.07, 6.45) is 3.19. The van der Waals surface area contributed by atoms with Crippen molar-refractivity contribution in [2.24, 2.45) is 5.92 Å². The summed E-state index contributed by atoms with van der Waals surface area (Å²) >= 11 is 1.70. The lowest BCUT2D eigenvalue weighted by atomic mass is 9.89. The quantitative estimate of drug-likeness (QED) is 0.682. The highest BCUT2D eigenvalue weighted by molar-refractivity contribution is 7.18. The molecule has 30 heavy (non-hydrogen) atoms. The Morgan fingerprint density at radius 2 is 2.10 bits per heavy atom. The molecule has 0 spiro atoms. The first kappa shape index (κ1) is 19.6. The summed E-state index contributed by atoms with van der Waals surface area (Å²) in [6.45, 7) is 6.26. The summed E-state index contributed by atoms with van der Waals surface area (Å²) in [4.78, 5) is 25.3. The van der Waals surface area contributed by atoms with Gasteiger partial charge in [-0.15, -0.1) is 11.3 Å². The Morgan fingerprint density at radius 3 is 2.93 bits per heavy atom. The highest BCUT2D eigenvalue weighted by atomic mass is 32.1. The molecule has 1 N–H and O–H groups in total. The van der Waals surface area contributed by atoms with Crippen molar-refractivity contribution < 1.29 is 9.47 Å². The van der Waals surface area contributed by atoms with Crippen molar-refractivity contribution in [3.8, 4) is 11.5 Å². The SMILES string of the molecule is C[C@@H]1CCc2c(sc3nc([C@@H](C)N(C)Cc4ccc5c(c4)OCCO5)[nH]c(=O)c23)C1. The van der Waals surface area contributed by atoms with Gasteiger partial charge in [0, 0.05) is 11.4 Å². The fourth-order valence-electron chi connectivity index (χ4n) is 4.38. The molecule has 0 saturated heterocycles. The molecule has 3 aromatic rings. The van der Waals surface area contributed by atoms with Crippen molar-refractivity contribution in [1.29, 1.82) is 0 Å². The number of hydrogen-bond donors (Lipinski definition) is 1. The number of H-pyrrole nitrogens is 1. The van der Waals surface area contributed by atoms with Gasteiger partial charge in [0.15, 0.2) is 11.5 Å². The zero-order chi connectivity index (χ0) is 20.8. The lowest BCUT2D eigenvalue weighted by Gasteiger charge is -2.25. The number of nitrogens with one attached hydrogen (secondary N) is 1. The molecule has 1 aromatic carbocycles. The molecule has 7 heteroatoms. The van der Waals surface area contributed by atoms with Crippen molar-refractivity contribution >= 4 is 21.6 Å². The smallest absolute Gasteiger partial charge is 0.259 e. The van der Waals surface area contributed by atoms with E-state index in [0.29, 0.717) is 19.1 Å². The topological polar surface area (TPSA) is 67.5 Å². The first-order chi connectivity index (χ1) is 14.5. The average Bonchev–Trinajstić information content (AvgIpc) is 3.10. The second-order valence-electron chi connectivity index (χ2n) is 8.55. The van der Waals surface area contributed by atoms with Crippen LogP contribution >= 0.6 is 11.3 Å². The van der Waals surface area contributed by atoms with Crippen molar-refractivity contribution in [3.05, 3.63) is 50.4 Å². The summed E-state index contributed by atoms with van der Waals surface area (Å²) in [7, 11) is 2.05. The van der Waals surface area contributed by atoms with Crippen molar-refractivity contribution in [3.63, 3.8) is 0 Å². The first-order valence-electron chi connectivity index (χ1n) is 10.6. The second kappa shape index (κ2) is 7.71. The minimum absolute atomic E-state index is 0.00151. The predicted molar refractivity (Wildman–Crippen MR) is 119 cm³/mol. The molecule has 6 nitrogen and oxygen atoms in total. The predicted octanol–water partition coefficient (Wildman–Crippen LogP) is 4.07. The fourth-order valence-corrected chi connectivity index (χ4v) is 5.77. The molecular formula is C23H27N3O3S. The molecule has 2 aliphatic rings. The van der Waals surface area contributed by atoms with E-state index >= 15 is 0 Å². The number of fused-ring (bicyclic) bond motifs is 4. The number of rotatable bonds is 4. The van der Waals surface area contributed by atoms with Gasteiger partial charge < -0.3 is 14.5 Å². The van der Waals surface area contributed by atoms with Gasteiger partial charge in [-0.1, -0.05) is 13.0 Å². The lowest BCUT2D eigenvalue weighted by molar-refractivity contribution is 0.171. The fraction of sp³-hybridized carbons (Fsp3) is 0.478. The van der Waals surface area contributed by atoms with Crippen LogP contribution in [0.15, 0.2) is 23.0 Å². The van der Waals surface area contributed by atoms with Gasteiger partial charge in [0.1, 0.15) is 23.9 Å². The van der Waals surface area contributed by atoms with Crippen molar-refractivity contribution in [2.75, 3.05) is 20.3 Å². The van der Waals surface area contributed by atoms with E-state index < -0.39 is 0 Å². The minimum atomic E-state index is -0.0200. The van der Waals surface area contributed by atoms with Crippen LogP contribution in [0, 0.1) is 5.92 Å². The number of hydrogen-bond acceptors (Lipinski definition) is 6. The number of nitrogens with zero attached hydrogens (tertiary/aromatic N) is 2. The number of aromatic nitrogens is 2. The summed E-state index contributed by atoms with van der Waals surface area (Å²) < 4.78 is 11.3. The van der Waals surface area contributed by atoms with Gasteiger partial charge in [-0.05, 0) is 62.4 Å². The Bertz CT molecular complexity index is 1150. The molecule has 0 amide bonds. The molecule has 2 atom stereocenters. The van der Waals surface area contributed by atoms with Gasteiger partial charge in [0.2, 0.25) is 0 Å². The van der Waals surface area contributed by atoms with Crippen LogP contribution in [0.4, 0.5) is 0 Å². The standard InChI is InChI=1S/C23H27N3O3S/c1-13-4-6-16-19(10-13)30-23-20(16)22(27)24-21(25-23)14(2)26(3)12-15-5-7-17-18(11-15)29-9-8-28-17/h5,7,11,13-14H,4,6,8-10,12H2,1-3H3,(H,24,25,27)/t13-,14-/m1/s1. The summed E-state index contributed by atoms with van der Waals surface area (Å²) in [5.74, 6) is 3.00. The van der Waals surface area contributed by atoms with Crippen LogP contribution < -0.4 is 15.0 Å². The summed E-state index contributed by atoms with van der Waals surface area (Å²) in [5, 5.41) is 0.812. The van der Waals surface area contributed by atoms with E-state index in [9.17, 15) is 4.79 Å². The molecule has 0 bridgehead atoms. The molecular weight excluding hydrogens is 398 g/mol. The molecule has 5 rings (SSSR count). The van der Waals surface area contributed by atoms with Crippen molar-refractivity contribution in [2.45, 2.75) is 45.7 Å². The van der Waals surface area contributed by atoms with Crippen LogP contribution in [-0.4, -0.2) is 35.1 Å². The van der Waals surface area contributed by atoms with Gasteiger partial charge in [-0.3, -0.25) is 9.69 Å². The molecule has 1 aliphatic heterocycles. The lowest BCUT2D eigenvalue weighted by Crippen LogP contribution is -2.26. The van der Waals surface area contributed by atoms with Crippen LogP contribution in [0.5, 0.6) is 11.5 Å². The molecule has 0 fully saturated rings. The van der Waals surface area contributed by atoms with E-state index in [1.54, 1.807) is 11.3 Å². The van der Waals surface area contributed by atoms with E-state index in [-0.39, 0.29) is 11.6 Å². The number of ether oxygens (including phenoxy) is 2. The highest BCUT2D eigenvalue weighted by Gasteiger charge is 2.24. The third-order valence-corrected chi connectivity index (χ3v) is 7.43. The second-order valence-corrected chi connectivity index (χ2v) is 9.64. The number of thiophene rings is 1. The van der Waals surface area contributed by atoms with Crippen LogP contribution in [-0.2, 0) is 19.4 Å². The summed E-state index contributed by atoms with van der Waals surface area (Å²) in [6, 6.07) is 6.04. The molecule has 158 valence electrons. The monoisotopic (exact) mass is 425 g/mol. The number of aromatic amines is 1. The van der Waals surface area contributed by atoms with E-state index in [1.165, 1.54) is 10.4 Å². The van der Waals surface area contributed by atoms with Crippen LogP contribution in [0.2, 0.25) is 0 Å². The number of benzene rings is 1. The molecule has 0 saturated carbocycles. The van der Waals surface area contributed by atoms with Gasteiger partial charge in [0.05, 0.1) is 11.4 Å². The summed E-state index contributed by atoms with van der Waals surface area (Å²) in [5.41, 5.74) is 2.37. The molecule has 0 radical (unpaired) electrons. The van der Waals surface area contributed by atoms with E-state index in [0.717, 1.165) is 58.9 Å². The van der Waals surface area contributed by atoms with Gasteiger partial charge in [-0.25, -0.2) is 4.98 Å². The molecule has 3 heterocycles. The normalized spacial score (nSPS) is 19.1. The minimum Gasteiger partial charge on any atom is -0.486 e. The van der Waals surface area contributed by atoms with E-state index in [2.05, 4.69) is 29.8 Å². The largest absolute Gasteiger partial charge is 0.486 e. The van der Waals surface area contributed by atoms with Gasteiger partial charge in [0.25, 0.3) is 5.56 Å². The zero-order valence-corrected chi connectivity index (χ0v) is 18.5. The van der Waals surface area contributed by atoms with Crippen molar-refractivity contribution in [1.82, 2.24) is 14.9 Å².